The van der Waals surface area contributed by atoms with Gasteiger partial charge in [-0.25, -0.2) is 8.42 Å². The van der Waals surface area contributed by atoms with E-state index in [0.29, 0.717) is 31.3 Å². The molecule has 1 atom stereocenters. The summed E-state index contributed by atoms with van der Waals surface area (Å²) in [6.45, 7) is 1.47. The fourth-order valence-electron chi connectivity index (χ4n) is 3.94. The molecular weight excluding hydrogens is 406 g/mol. The van der Waals surface area contributed by atoms with E-state index in [9.17, 15) is 13.2 Å². The number of amides is 1. The van der Waals surface area contributed by atoms with E-state index in [-0.39, 0.29) is 29.0 Å². The normalized spacial score (nSPS) is 18.3. The number of carbonyl (C=O) groups excluding carboxylic acids is 1. The average molecular weight is 432 g/mol. The van der Waals surface area contributed by atoms with Crippen LogP contribution in [0.2, 0.25) is 0 Å². The molecule has 0 aliphatic carbocycles. The minimum absolute atomic E-state index is 0.0274. The van der Waals surface area contributed by atoms with E-state index in [1.54, 1.807) is 18.1 Å². The number of likely N-dealkylation sites (tertiary alicyclic amines) is 1. The van der Waals surface area contributed by atoms with Crippen LogP contribution in [-0.2, 0) is 14.6 Å². The van der Waals surface area contributed by atoms with Crippen molar-refractivity contribution in [1.82, 2.24) is 4.90 Å². The first-order chi connectivity index (χ1) is 14.5. The summed E-state index contributed by atoms with van der Waals surface area (Å²) in [6.07, 6.45) is 1.72. The van der Waals surface area contributed by atoms with Gasteiger partial charge in [-0.05, 0) is 42.7 Å². The molecule has 1 amide bonds. The van der Waals surface area contributed by atoms with E-state index in [2.05, 4.69) is 0 Å². The van der Waals surface area contributed by atoms with Gasteiger partial charge in [0.1, 0.15) is 19.0 Å². The van der Waals surface area contributed by atoms with Crippen LogP contribution >= 0.6 is 0 Å². The van der Waals surface area contributed by atoms with Crippen molar-refractivity contribution >= 4 is 15.7 Å². The lowest BCUT2D eigenvalue weighted by Gasteiger charge is -2.25. The molecule has 7 nitrogen and oxygen atoms in total. The van der Waals surface area contributed by atoms with Gasteiger partial charge in [0.15, 0.2) is 21.3 Å². The largest absolute Gasteiger partial charge is 0.497 e. The van der Waals surface area contributed by atoms with Crippen LogP contribution < -0.4 is 14.2 Å². The SMILES string of the molecule is COc1ccc([C@@H]2CCCN2C(=O)CCS(=O)(=O)c2ccc3c(c2)OCCO3)cc1. The second kappa shape index (κ2) is 8.55. The molecule has 2 aliphatic rings. The number of benzene rings is 2. The number of hydrogen-bond donors (Lipinski definition) is 0. The highest BCUT2D eigenvalue weighted by Gasteiger charge is 2.31. The number of carbonyl (C=O) groups is 1. The quantitative estimate of drug-likeness (QED) is 0.699. The predicted molar refractivity (Wildman–Crippen MR) is 111 cm³/mol. The number of sulfone groups is 1. The van der Waals surface area contributed by atoms with E-state index in [1.807, 2.05) is 24.3 Å². The van der Waals surface area contributed by atoms with Crippen LogP contribution in [0.4, 0.5) is 0 Å². The Morgan fingerprint density at radius 3 is 2.57 bits per heavy atom. The second-order valence-electron chi connectivity index (χ2n) is 7.39. The Labute approximate surface area is 176 Å². The molecule has 0 saturated carbocycles. The molecule has 160 valence electrons. The van der Waals surface area contributed by atoms with Crippen molar-refractivity contribution in [2.75, 3.05) is 32.6 Å². The summed E-state index contributed by atoms with van der Waals surface area (Å²) < 4.78 is 41.7. The maximum absolute atomic E-state index is 12.9. The molecule has 0 radical (unpaired) electrons. The first-order valence-corrected chi connectivity index (χ1v) is 11.7. The van der Waals surface area contributed by atoms with Gasteiger partial charge in [0.25, 0.3) is 0 Å². The van der Waals surface area contributed by atoms with Crippen LogP contribution in [0.5, 0.6) is 17.2 Å². The Balaban J connectivity index is 1.42. The van der Waals surface area contributed by atoms with Crippen LogP contribution in [-0.4, -0.2) is 51.8 Å². The smallest absolute Gasteiger partial charge is 0.224 e. The molecule has 8 heteroatoms. The summed E-state index contributed by atoms with van der Waals surface area (Å²) in [7, 11) is -2.00. The minimum Gasteiger partial charge on any atom is -0.497 e. The molecule has 30 heavy (non-hydrogen) atoms. The van der Waals surface area contributed by atoms with Gasteiger partial charge in [0, 0.05) is 19.0 Å². The first-order valence-electron chi connectivity index (χ1n) is 10.0. The summed E-state index contributed by atoms with van der Waals surface area (Å²) in [4.78, 5) is 14.8. The molecule has 0 aromatic heterocycles. The summed E-state index contributed by atoms with van der Waals surface area (Å²) in [5.74, 6) is 1.34. The zero-order valence-corrected chi connectivity index (χ0v) is 17.7. The summed E-state index contributed by atoms with van der Waals surface area (Å²) in [5.41, 5.74) is 1.04. The number of methoxy groups -OCH3 is 1. The molecule has 2 aliphatic heterocycles. The van der Waals surface area contributed by atoms with E-state index in [4.69, 9.17) is 14.2 Å². The van der Waals surface area contributed by atoms with Crippen molar-refractivity contribution in [3.05, 3.63) is 48.0 Å². The Bertz CT molecular complexity index is 1020. The van der Waals surface area contributed by atoms with Gasteiger partial charge < -0.3 is 19.1 Å². The van der Waals surface area contributed by atoms with Gasteiger partial charge in [-0.1, -0.05) is 12.1 Å². The van der Waals surface area contributed by atoms with Gasteiger partial charge in [0.05, 0.1) is 23.8 Å². The monoisotopic (exact) mass is 431 g/mol. The second-order valence-corrected chi connectivity index (χ2v) is 9.50. The van der Waals surface area contributed by atoms with E-state index in [1.165, 1.54) is 12.1 Å². The van der Waals surface area contributed by atoms with Crippen molar-refractivity contribution in [3.8, 4) is 17.2 Å². The van der Waals surface area contributed by atoms with Crippen molar-refractivity contribution in [2.45, 2.75) is 30.2 Å². The van der Waals surface area contributed by atoms with E-state index >= 15 is 0 Å². The highest BCUT2D eigenvalue weighted by molar-refractivity contribution is 7.91. The third-order valence-corrected chi connectivity index (χ3v) is 7.24. The maximum atomic E-state index is 12.9. The minimum atomic E-state index is -3.61. The number of fused-ring (bicyclic) bond motifs is 1. The predicted octanol–water partition coefficient (Wildman–Crippen LogP) is 2.99. The Morgan fingerprint density at radius 1 is 1.10 bits per heavy atom. The van der Waals surface area contributed by atoms with Gasteiger partial charge >= 0.3 is 0 Å². The Morgan fingerprint density at radius 2 is 1.83 bits per heavy atom. The standard InChI is InChI=1S/C22H25NO6S/c1-27-17-6-4-16(5-7-17)19-3-2-11-23(19)22(24)10-14-30(25,26)18-8-9-20-21(15-18)29-13-12-28-20/h4-9,15,19H,2-3,10-14H2,1H3/t19-/m0/s1. The van der Waals surface area contributed by atoms with Crippen LogP contribution in [0.15, 0.2) is 47.4 Å². The molecule has 2 heterocycles. The lowest BCUT2D eigenvalue weighted by Crippen LogP contribution is -2.31. The van der Waals surface area contributed by atoms with E-state index < -0.39 is 9.84 Å². The molecule has 1 saturated heterocycles. The topological polar surface area (TPSA) is 82.1 Å². The number of hydrogen-bond acceptors (Lipinski definition) is 6. The third-order valence-electron chi connectivity index (χ3n) is 5.53. The van der Waals surface area contributed by atoms with Crippen LogP contribution in [0.25, 0.3) is 0 Å². The summed E-state index contributed by atoms with van der Waals surface area (Å²) in [5, 5.41) is 0. The lowest BCUT2D eigenvalue weighted by molar-refractivity contribution is -0.131. The molecule has 1 fully saturated rings. The summed E-state index contributed by atoms with van der Waals surface area (Å²) >= 11 is 0. The van der Waals surface area contributed by atoms with Crippen LogP contribution in [0, 0.1) is 0 Å². The van der Waals surface area contributed by atoms with Gasteiger partial charge in [-0.15, -0.1) is 0 Å². The molecule has 2 aromatic rings. The third kappa shape index (κ3) is 4.23. The maximum Gasteiger partial charge on any atom is 0.224 e. The molecule has 4 rings (SSSR count). The molecule has 0 spiro atoms. The van der Waals surface area contributed by atoms with Crippen molar-refractivity contribution < 1.29 is 27.4 Å². The molecule has 0 N–H and O–H groups in total. The van der Waals surface area contributed by atoms with Gasteiger partial charge in [-0.3, -0.25) is 4.79 Å². The number of ether oxygens (including phenoxy) is 3. The zero-order valence-electron chi connectivity index (χ0n) is 16.9. The Kier molecular flexibility index (Phi) is 5.85. The summed E-state index contributed by atoms with van der Waals surface area (Å²) in [6, 6.07) is 12.2. The fourth-order valence-corrected chi connectivity index (χ4v) is 5.18. The number of rotatable bonds is 6. The number of nitrogens with zero attached hydrogens (tertiary/aromatic N) is 1. The van der Waals surface area contributed by atoms with Crippen LogP contribution in [0.1, 0.15) is 30.9 Å². The van der Waals surface area contributed by atoms with Gasteiger partial charge in [-0.2, -0.15) is 0 Å². The van der Waals surface area contributed by atoms with Crippen molar-refractivity contribution in [3.63, 3.8) is 0 Å². The molecule has 0 unspecified atom stereocenters. The van der Waals surface area contributed by atoms with E-state index in [0.717, 1.165) is 24.2 Å². The highest BCUT2D eigenvalue weighted by atomic mass is 32.2. The molecule has 0 bridgehead atoms. The van der Waals surface area contributed by atoms with Gasteiger partial charge in [0.2, 0.25) is 5.91 Å². The lowest BCUT2D eigenvalue weighted by atomic mass is 10.0. The fraction of sp³-hybridized carbons (Fsp3) is 0.409. The molecular formula is C22H25NO6S. The average Bonchev–Trinajstić information content (AvgIpc) is 3.27. The van der Waals surface area contributed by atoms with Crippen molar-refractivity contribution in [2.24, 2.45) is 0 Å². The van der Waals surface area contributed by atoms with Crippen molar-refractivity contribution in [1.29, 1.82) is 0 Å². The Hall–Kier alpha value is -2.74. The molecule has 2 aromatic carbocycles. The zero-order chi connectivity index (χ0) is 21.1. The van der Waals surface area contributed by atoms with Crippen LogP contribution in [0.3, 0.4) is 0 Å². The highest BCUT2D eigenvalue weighted by Crippen LogP contribution is 2.34. The first kappa shape index (κ1) is 20.5.